The summed E-state index contributed by atoms with van der Waals surface area (Å²) >= 11 is 0. The predicted molar refractivity (Wildman–Crippen MR) is 97.7 cm³/mol. The van der Waals surface area contributed by atoms with Gasteiger partial charge in [-0.3, -0.25) is 0 Å². The smallest absolute Gasteiger partial charge is 0.245 e. The maximum atomic E-state index is 14.5. The molecule has 6 nitrogen and oxygen atoms in total. The van der Waals surface area contributed by atoms with Gasteiger partial charge in [-0.25, -0.2) is 9.37 Å². The number of halogens is 1. The molecule has 2 fully saturated rings. The second-order valence-corrected chi connectivity index (χ2v) is 7.50. The molecule has 1 N–H and O–H groups in total. The molecule has 2 atom stereocenters. The van der Waals surface area contributed by atoms with Crippen molar-refractivity contribution in [2.45, 2.75) is 32.7 Å². The minimum absolute atomic E-state index is 0.0748. The van der Waals surface area contributed by atoms with Crippen LogP contribution >= 0.6 is 0 Å². The Hall–Kier alpha value is -2.28. The molecule has 1 aromatic carbocycles. The lowest BCUT2D eigenvalue weighted by atomic mass is 9.92. The molecule has 7 heteroatoms. The van der Waals surface area contributed by atoms with Crippen LogP contribution in [0.1, 0.15) is 24.1 Å². The summed E-state index contributed by atoms with van der Waals surface area (Å²) in [4.78, 5) is 9.19. The number of aryl methyl sites for hydroxylation is 2. The molecule has 0 amide bonds. The monoisotopic (exact) mass is 357 g/mol. The van der Waals surface area contributed by atoms with E-state index in [9.17, 15) is 9.50 Å². The van der Waals surface area contributed by atoms with E-state index >= 15 is 0 Å². The standard InChI is InChI=1S/C19H24FN5O/c1-11-4-5-15(26)16(17(11)20)18-12(2)21-19(23-22-18)25-9-7-13-6-8-24(3)10-14(13)25/h4-5,13-14,26H,6-10H2,1-3H3/t13-,14-/m0/s1. The fourth-order valence-corrected chi connectivity index (χ4v) is 4.19. The number of rotatable bonds is 2. The van der Waals surface area contributed by atoms with E-state index in [-0.39, 0.29) is 11.3 Å². The lowest BCUT2D eigenvalue weighted by Gasteiger charge is -2.36. The zero-order valence-corrected chi connectivity index (χ0v) is 15.4. The lowest BCUT2D eigenvalue weighted by molar-refractivity contribution is 0.207. The second kappa shape index (κ2) is 6.46. The highest BCUT2D eigenvalue weighted by molar-refractivity contribution is 5.70. The molecule has 3 heterocycles. The van der Waals surface area contributed by atoms with Crippen molar-refractivity contribution < 1.29 is 9.50 Å². The van der Waals surface area contributed by atoms with Gasteiger partial charge in [-0.2, -0.15) is 0 Å². The van der Waals surface area contributed by atoms with Crippen molar-refractivity contribution in [1.29, 1.82) is 0 Å². The fourth-order valence-electron chi connectivity index (χ4n) is 4.19. The Morgan fingerprint density at radius 3 is 2.69 bits per heavy atom. The van der Waals surface area contributed by atoms with Gasteiger partial charge in [-0.15, -0.1) is 10.2 Å². The van der Waals surface area contributed by atoms with E-state index in [4.69, 9.17) is 0 Å². The maximum Gasteiger partial charge on any atom is 0.245 e. The maximum absolute atomic E-state index is 14.5. The van der Waals surface area contributed by atoms with Crippen LogP contribution in [0.15, 0.2) is 12.1 Å². The highest BCUT2D eigenvalue weighted by Crippen LogP contribution is 2.36. The van der Waals surface area contributed by atoms with E-state index in [1.54, 1.807) is 19.9 Å². The van der Waals surface area contributed by atoms with Gasteiger partial charge in [0.2, 0.25) is 5.95 Å². The molecule has 0 spiro atoms. The Bertz CT molecular complexity index is 843. The Kier molecular flexibility index (Phi) is 4.26. The van der Waals surface area contributed by atoms with Gasteiger partial charge in [0, 0.05) is 19.1 Å². The minimum Gasteiger partial charge on any atom is -0.507 e. The lowest BCUT2D eigenvalue weighted by Crippen LogP contribution is -2.47. The molecule has 2 aliphatic rings. The molecule has 26 heavy (non-hydrogen) atoms. The largest absolute Gasteiger partial charge is 0.507 e. The average Bonchev–Trinajstić information content (AvgIpc) is 3.03. The van der Waals surface area contributed by atoms with Crippen LogP contribution in [-0.4, -0.2) is 57.9 Å². The Labute approximate surface area is 152 Å². The van der Waals surface area contributed by atoms with Crippen molar-refractivity contribution in [2.75, 3.05) is 31.6 Å². The summed E-state index contributed by atoms with van der Waals surface area (Å²) in [6.45, 7) is 6.51. The molecule has 2 saturated heterocycles. The second-order valence-electron chi connectivity index (χ2n) is 7.50. The molecule has 0 aliphatic carbocycles. The first-order chi connectivity index (χ1) is 12.5. The van der Waals surface area contributed by atoms with E-state index in [1.807, 2.05) is 0 Å². The molecule has 0 saturated carbocycles. The number of anilines is 1. The molecule has 2 aromatic rings. The number of hydrogen-bond donors (Lipinski definition) is 1. The highest BCUT2D eigenvalue weighted by atomic mass is 19.1. The van der Waals surface area contributed by atoms with E-state index in [2.05, 4.69) is 32.0 Å². The first-order valence-corrected chi connectivity index (χ1v) is 9.10. The van der Waals surface area contributed by atoms with Crippen LogP contribution in [0.3, 0.4) is 0 Å². The molecule has 138 valence electrons. The van der Waals surface area contributed by atoms with Gasteiger partial charge in [0.25, 0.3) is 0 Å². The van der Waals surface area contributed by atoms with Crippen LogP contribution in [0.25, 0.3) is 11.3 Å². The summed E-state index contributed by atoms with van der Waals surface area (Å²) in [7, 11) is 2.14. The van der Waals surface area contributed by atoms with Gasteiger partial charge in [-0.05, 0) is 57.8 Å². The fraction of sp³-hybridized carbons (Fsp3) is 0.526. The molecular formula is C19H24FN5O. The van der Waals surface area contributed by atoms with Crippen molar-refractivity contribution in [3.63, 3.8) is 0 Å². The van der Waals surface area contributed by atoms with Crippen molar-refractivity contribution in [1.82, 2.24) is 20.1 Å². The minimum atomic E-state index is -0.480. The van der Waals surface area contributed by atoms with Crippen molar-refractivity contribution in [3.8, 4) is 17.0 Å². The van der Waals surface area contributed by atoms with Gasteiger partial charge >= 0.3 is 0 Å². The quantitative estimate of drug-likeness (QED) is 0.891. The number of piperidine rings is 1. The van der Waals surface area contributed by atoms with E-state index in [0.717, 1.165) is 26.1 Å². The van der Waals surface area contributed by atoms with Gasteiger partial charge in [0.05, 0.1) is 11.3 Å². The molecule has 0 radical (unpaired) electrons. The summed E-state index contributed by atoms with van der Waals surface area (Å²) in [5, 5.41) is 18.6. The molecule has 4 rings (SSSR count). The van der Waals surface area contributed by atoms with Crippen LogP contribution < -0.4 is 4.90 Å². The summed E-state index contributed by atoms with van der Waals surface area (Å²) < 4.78 is 14.5. The van der Waals surface area contributed by atoms with E-state index < -0.39 is 5.82 Å². The Balaban J connectivity index is 1.68. The zero-order valence-electron chi connectivity index (χ0n) is 15.4. The Morgan fingerprint density at radius 1 is 1.15 bits per heavy atom. The number of likely N-dealkylation sites (tertiary alicyclic amines) is 1. The predicted octanol–water partition coefficient (Wildman–Crippen LogP) is 2.53. The summed E-state index contributed by atoms with van der Waals surface area (Å²) in [5.74, 6) is 0.650. The summed E-state index contributed by atoms with van der Waals surface area (Å²) in [5.41, 5.74) is 1.40. The van der Waals surface area contributed by atoms with Crippen molar-refractivity contribution in [3.05, 3.63) is 29.2 Å². The van der Waals surface area contributed by atoms with Gasteiger partial charge < -0.3 is 14.9 Å². The Morgan fingerprint density at radius 2 is 1.92 bits per heavy atom. The third-order valence-electron chi connectivity index (χ3n) is 5.72. The van der Waals surface area contributed by atoms with Gasteiger partial charge in [-0.1, -0.05) is 6.07 Å². The summed E-state index contributed by atoms with van der Waals surface area (Å²) in [6.07, 6.45) is 2.35. The molecular weight excluding hydrogens is 333 g/mol. The average molecular weight is 357 g/mol. The topological polar surface area (TPSA) is 65.4 Å². The SMILES string of the molecule is Cc1ccc(O)c(-c2nnc(N3CC[C@@H]4CCN(C)C[C@@H]43)nc2C)c1F. The van der Waals surface area contributed by atoms with Crippen LogP contribution in [-0.2, 0) is 0 Å². The first kappa shape index (κ1) is 17.1. The number of fused-ring (bicyclic) bond motifs is 1. The molecule has 0 unspecified atom stereocenters. The van der Waals surface area contributed by atoms with Gasteiger partial charge in [0.1, 0.15) is 17.3 Å². The van der Waals surface area contributed by atoms with Crippen LogP contribution in [0.4, 0.5) is 10.3 Å². The number of aromatic hydroxyl groups is 1. The third kappa shape index (κ3) is 2.80. The van der Waals surface area contributed by atoms with Crippen LogP contribution in [0, 0.1) is 25.6 Å². The van der Waals surface area contributed by atoms with E-state index in [1.165, 1.54) is 12.5 Å². The van der Waals surface area contributed by atoms with Crippen LogP contribution in [0.5, 0.6) is 5.75 Å². The number of hydrogen-bond acceptors (Lipinski definition) is 6. The third-order valence-corrected chi connectivity index (χ3v) is 5.72. The number of aromatic nitrogens is 3. The zero-order chi connectivity index (χ0) is 18.4. The van der Waals surface area contributed by atoms with E-state index in [0.29, 0.717) is 34.9 Å². The van der Waals surface area contributed by atoms with Crippen LogP contribution in [0.2, 0.25) is 0 Å². The number of phenolic OH excluding ortho intramolecular Hbond substituents is 1. The summed E-state index contributed by atoms with van der Waals surface area (Å²) in [6, 6.07) is 3.43. The number of phenols is 1. The molecule has 1 aromatic heterocycles. The first-order valence-electron chi connectivity index (χ1n) is 9.10. The normalized spacial score (nSPS) is 23.3. The number of benzene rings is 1. The number of likely N-dealkylation sites (N-methyl/N-ethyl adjacent to an activating group) is 1. The molecule has 2 aliphatic heterocycles. The highest BCUT2D eigenvalue weighted by Gasteiger charge is 2.39. The van der Waals surface area contributed by atoms with Crippen molar-refractivity contribution >= 4 is 5.95 Å². The van der Waals surface area contributed by atoms with Crippen molar-refractivity contribution in [2.24, 2.45) is 5.92 Å². The number of nitrogens with zero attached hydrogens (tertiary/aromatic N) is 5. The van der Waals surface area contributed by atoms with Gasteiger partial charge in [0.15, 0.2) is 0 Å². The molecule has 0 bridgehead atoms.